The van der Waals surface area contributed by atoms with Gasteiger partial charge in [-0.2, -0.15) is 13.2 Å². The summed E-state index contributed by atoms with van der Waals surface area (Å²) in [4.78, 5) is 26.5. The van der Waals surface area contributed by atoms with Crippen molar-refractivity contribution in [2.24, 2.45) is 0 Å². The minimum absolute atomic E-state index is 0.218. The van der Waals surface area contributed by atoms with Crippen molar-refractivity contribution in [3.8, 4) is 17.1 Å². The van der Waals surface area contributed by atoms with Crippen LogP contribution in [0.2, 0.25) is 5.02 Å². The van der Waals surface area contributed by atoms with Crippen LogP contribution in [0.3, 0.4) is 0 Å². The van der Waals surface area contributed by atoms with Crippen LogP contribution < -0.4 is 15.0 Å². The highest BCUT2D eigenvalue weighted by Gasteiger charge is 2.37. The summed E-state index contributed by atoms with van der Waals surface area (Å²) in [6.07, 6.45) is -0.889. The number of ether oxygens (including phenoxy) is 1. The number of nitrogens with one attached hydrogen (secondary N) is 1. The van der Waals surface area contributed by atoms with Crippen molar-refractivity contribution in [1.29, 1.82) is 0 Å². The summed E-state index contributed by atoms with van der Waals surface area (Å²) >= 11 is 7.60. The highest BCUT2D eigenvalue weighted by Crippen LogP contribution is 2.42. The normalized spacial score (nSPS) is 17.5. The first-order chi connectivity index (χ1) is 21.0. The molecule has 2 aromatic heterocycles. The van der Waals surface area contributed by atoms with Crippen molar-refractivity contribution in [2.45, 2.75) is 33.2 Å². The number of alkyl halides is 3. The Hall–Kier alpha value is -3.71. The number of halogens is 4. The molecule has 0 saturated carbocycles. The summed E-state index contributed by atoms with van der Waals surface area (Å²) in [5.74, 6) is -0.00345. The fourth-order valence-corrected chi connectivity index (χ4v) is 5.99. The van der Waals surface area contributed by atoms with Gasteiger partial charge in [-0.25, -0.2) is 9.97 Å². The van der Waals surface area contributed by atoms with E-state index >= 15 is 0 Å². The number of hydrogen-bond donors (Lipinski definition) is 2. The molecule has 5 rings (SSSR count). The fourth-order valence-electron chi connectivity index (χ4n) is 4.97. The van der Waals surface area contributed by atoms with Gasteiger partial charge in [0.15, 0.2) is 6.23 Å². The molecule has 0 bridgehead atoms. The van der Waals surface area contributed by atoms with Gasteiger partial charge in [-0.3, -0.25) is 4.79 Å². The molecule has 2 aliphatic heterocycles. The molecule has 44 heavy (non-hydrogen) atoms. The molecular formula is C31H31ClF3N5O3S. The third-order valence-corrected chi connectivity index (χ3v) is 8.11. The first-order valence-electron chi connectivity index (χ1n) is 14.0. The maximum Gasteiger partial charge on any atom is 0.416 e. The Bertz CT molecular complexity index is 1620. The van der Waals surface area contributed by atoms with Gasteiger partial charge in [0.25, 0.3) is 5.91 Å². The van der Waals surface area contributed by atoms with Crippen LogP contribution in [-0.2, 0) is 11.0 Å². The molecule has 1 aromatic carbocycles. The van der Waals surface area contributed by atoms with Gasteiger partial charge in [-0.05, 0) is 51.1 Å². The fraction of sp³-hybridized carbons (Fsp3) is 0.323. The van der Waals surface area contributed by atoms with Gasteiger partial charge < -0.3 is 25.0 Å². The number of allylic oxidation sites excluding steroid dienone is 2. The maximum atomic E-state index is 14.1. The quantitative estimate of drug-likeness (QED) is 0.319. The summed E-state index contributed by atoms with van der Waals surface area (Å²) in [7, 11) is 0. The number of nitrogens with zero attached hydrogens (tertiary/aromatic N) is 4. The summed E-state index contributed by atoms with van der Waals surface area (Å²) in [5.41, 5.74) is 2.51. The van der Waals surface area contributed by atoms with Crippen LogP contribution in [0.15, 0.2) is 70.9 Å². The van der Waals surface area contributed by atoms with Crippen LogP contribution in [0.1, 0.15) is 31.3 Å². The Morgan fingerprint density at radius 2 is 1.93 bits per heavy atom. The van der Waals surface area contributed by atoms with Crippen LogP contribution in [0.4, 0.5) is 18.9 Å². The topological polar surface area (TPSA) is 90.8 Å². The molecule has 1 unspecified atom stereocenters. The SMILES string of the molecule is CCOc1ncc(Cl)cc1N1C(C=C(C)C)=C(C(=O)N2CCNCC2)C=C(c2nc(-c3ccc(C(F)(F)F)cc3)cs2)C1O. The molecule has 0 aliphatic carbocycles. The largest absolute Gasteiger partial charge is 0.476 e. The lowest BCUT2D eigenvalue weighted by Crippen LogP contribution is -2.48. The second kappa shape index (κ2) is 13.1. The standard InChI is InChI=1S/C31H31ClF3N5O3S/c1-4-43-27-26(14-21(32)16-37-27)40-25(13-18(2)3)22(29(41)39-11-9-36-10-12-39)15-23(30(40)42)28-38-24(17-44-28)19-5-7-20(8-6-19)31(33,34)35/h5-8,13-17,30,36,42H,4,9-12H2,1-3H3. The van der Waals surface area contributed by atoms with E-state index in [0.717, 1.165) is 17.7 Å². The zero-order chi connectivity index (χ0) is 31.6. The van der Waals surface area contributed by atoms with Crippen LogP contribution in [0, 0.1) is 0 Å². The zero-order valence-corrected chi connectivity index (χ0v) is 25.9. The van der Waals surface area contributed by atoms with E-state index in [9.17, 15) is 23.1 Å². The lowest BCUT2D eigenvalue weighted by Gasteiger charge is -2.38. The number of carbonyl (C=O) groups is 1. The molecular weight excluding hydrogens is 615 g/mol. The van der Waals surface area contributed by atoms with E-state index in [-0.39, 0.29) is 11.8 Å². The van der Waals surface area contributed by atoms with Crippen LogP contribution in [0.5, 0.6) is 5.88 Å². The Labute approximate surface area is 262 Å². The lowest BCUT2D eigenvalue weighted by molar-refractivity contribution is -0.137. The number of amides is 1. The molecule has 1 saturated heterocycles. The Balaban J connectivity index is 1.67. The molecule has 1 amide bonds. The number of pyridine rings is 1. The number of hydrogen-bond acceptors (Lipinski definition) is 8. The number of aliphatic hydroxyl groups excluding tert-OH is 1. The molecule has 13 heteroatoms. The van der Waals surface area contributed by atoms with Crippen LogP contribution in [0.25, 0.3) is 16.8 Å². The minimum Gasteiger partial charge on any atom is -0.476 e. The van der Waals surface area contributed by atoms with Gasteiger partial charge >= 0.3 is 6.18 Å². The zero-order valence-electron chi connectivity index (χ0n) is 24.3. The molecule has 4 heterocycles. The van der Waals surface area contributed by atoms with E-state index in [0.29, 0.717) is 76.6 Å². The molecule has 1 fully saturated rings. The molecule has 2 aliphatic rings. The Morgan fingerprint density at radius 1 is 1.23 bits per heavy atom. The molecule has 1 atom stereocenters. The summed E-state index contributed by atoms with van der Waals surface area (Å²) in [5, 5.41) is 17.6. The molecule has 3 aromatic rings. The first kappa shape index (κ1) is 31.7. The average molecular weight is 646 g/mol. The van der Waals surface area contributed by atoms with Gasteiger partial charge in [-0.1, -0.05) is 29.3 Å². The maximum absolute atomic E-state index is 14.1. The van der Waals surface area contributed by atoms with Crippen molar-refractivity contribution < 1.29 is 27.8 Å². The van der Waals surface area contributed by atoms with E-state index in [1.165, 1.54) is 29.7 Å². The first-order valence-corrected chi connectivity index (χ1v) is 15.2. The number of benzene rings is 1. The monoisotopic (exact) mass is 645 g/mol. The number of thiazole rings is 1. The molecule has 0 radical (unpaired) electrons. The Morgan fingerprint density at radius 3 is 2.57 bits per heavy atom. The number of rotatable bonds is 7. The van der Waals surface area contributed by atoms with Gasteiger partial charge in [0.1, 0.15) is 10.7 Å². The van der Waals surface area contributed by atoms with Gasteiger partial charge in [0, 0.05) is 48.9 Å². The van der Waals surface area contributed by atoms with Crippen LogP contribution >= 0.6 is 22.9 Å². The number of carbonyl (C=O) groups excluding carboxylic acids is 1. The average Bonchev–Trinajstić information content (AvgIpc) is 3.48. The second-order valence-corrected chi connectivity index (χ2v) is 11.7. The second-order valence-electron chi connectivity index (χ2n) is 10.4. The summed E-state index contributed by atoms with van der Waals surface area (Å²) < 4.78 is 45.2. The Kier molecular flexibility index (Phi) is 9.45. The molecule has 232 valence electrons. The van der Waals surface area contributed by atoms with E-state index in [4.69, 9.17) is 16.3 Å². The predicted molar refractivity (Wildman–Crippen MR) is 165 cm³/mol. The minimum atomic E-state index is -4.45. The third kappa shape index (κ3) is 6.68. The van der Waals surface area contributed by atoms with E-state index in [1.807, 2.05) is 26.8 Å². The molecule has 0 spiro atoms. The lowest BCUT2D eigenvalue weighted by atomic mass is 9.97. The summed E-state index contributed by atoms with van der Waals surface area (Å²) in [6.45, 7) is 8.20. The van der Waals surface area contributed by atoms with Gasteiger partial charge in [-0.15, -0.1) is 11.3 Å². The highest BCUT2D eigenvalue weighted by atomic mass is 35.5. The van der Waals surface area contributed by atoms with Crippen molar-refractivity contribution in [1.82, 2.24) is 20.2 Å². The van der Waals surface area contributed by atoms with E-state index < -0.39 is 18.0 Å². The number of piperazine rings is 1. The highest BCUT2D eigenvalue weighted by molar-refractivity contribution is 7.11. The molecule has 2 N–H and O–H groups in total. The smallest absolute Gasteiger partial charge is 0.416 e. The molecule has 8 nitrogen and oxygen atoms in total. The van der Waals surface area contributed by atoms with Crippen molar-refractivity contribution in [2.75, 3.05) is 37.7 Å². The number of aliphatic hydroxyl groups is 1. The van der Waals surface area contributed by atoms with Crippen LogP contribution in [-0.4, -0.2) is 64.9 Å². The number of aromatic nitrogens is 2. The number of anilines is 1. The van der Waals surface area contributed by atoms with Crippen molar-refractivity contribution in [3.63, 3.8) is 0 Å². The van der Waals surface area contributed by atoms with Crippen molar-refractivity contribution in [3.05, 3.63) is 86.5 Å². The predicted octanol–water partition coefficient (Wildman–Crippen LogP) is 6.15. The third-order valence-electron chi connectivity index (χ3n) is 7.02. The van der Waals surface area contributed by atoms with Gasteiger partial charge in [0.05, 0.1) is 34.2 Å². The van der Waals surface area contributed by atoms with Crippen molar-refractivity contribution >= 4 is 40.1 Å². The summed E-state index contributed by atoms with van der Waals surface area (Å²) in [6, 6.07) is 6.35. The van der Waals surface area contributed by atoms with Gasteiger partial charge in [0.2, 0.25) is 5.88 Å². The van der Waals surface area contributed by atoms with E-state index in [2.05, 4.69) is 15.3 Å². The van der Waals surface area contributed by atoms with E-state index in [1.54, 1.807) is 27.3 Å².